The maximum absolute atomic E-state index is 12.1. The van der Waals surface area contributed by atoms with E-state index in [0.717, 1.165) is 36.1 Å². The molecule has 0 amide bonds. The highest BCUT2D eigenvalue weighted by Crippen LogP contribution is 2.27. The minimum absolute atomic E-state index is 0.332. The second-order valence-electron chi connectivity index (χ2n) is 4.99. The average Bonchev–Trinajstić information content (AvgIpc) is 2.83. The third kappa shape index (κ3) is 3.32. The molecule has 0 atom stereocenters. The van der Waals surface area contributed by atoms with E-state index in [4.69, 9.17) is 4.74 Å². The lowest BCUT2D eigenvalue weighted by atomic mass is 10.0. The van der Waals surface area contributed by atoms with Crippen molar-refractivity contribution in [3.8, 4) is 11.3 Å². The summed E-state index contributed by atoms with van der Waals surface area (Å²) in [5.74, 6) is -0.332. The summed E-state index contributed by atoms with van der Waals surface area (Å²) < 4.78 is 6.92. The second-order valence-corrected chi connectivity index (χ2v) is 4.99. The molecule has 0 saturated carbocycles. The van der Waals surface area contributed by atoms with Gasteiger partial charge < -0.3 is 4.74 Å². The predicted molar refractivity (Wildman–Crippen MR) is 83.2 cm³/mol. The number of hydrogen-bond acceptors (Lipinski definition) is 3. The van der Waals surface area contributed by atoms with Gasteiger partial charge in [0.2, 0.25) is 0 Å². The van der Waals surface area contributed by atoms with E-state index in [-0.39, 0.29) is 5.97 Å². The molecule has 21 heavy (non-hydrogen) atoms. The summed E-state index contributed by atoms with van der Waals surface area (Å²) >= 11 is 0. The molecular formula is C17H22N2O2. The number of carbonyl (C=O) groups is 1. The van der Waals surface area contributed by atoms with Gasteiger partial charge in [-0.3, -0.25) is 4.68 Å². The average molecular weight is 286 g/mol. The molecule has 0 bridgehead atoms. The third-order valence-corrected chi connectivity index (χ3v) is 3.44. The minimum atomic E-state index is -0.332. The number of esters is 1. The molecule has 0 spiro atoms. The monoisotopic (exact) mass is 286 g/mol. The van der Waals surface area contributed by atoms with E-state index in [1.807, 2.05) is 44.3 Å². The quantitative estimate of drug-likeness (QED) is 0.762. The Morgan fingerprint density at radius 2 is 1.95 bits per heavy atom. The summed E-state index contributed by atoms with van der Waals surface area (Å²) in [6.45, 7) is 4.32. The third-order valence-electron chi connectivity index (χ3n) is 3.44. The van der Waals surface area contributed by atoms with E-state index in [1.165, 1.54) is 0 Å². The highest BCUT2D eigenvalue weighted by molar-refractivity contribution is 5.91. The van der Waals surface area contributed by atoms with Gasteiger partial charge in [0.25, 0.3) is 0 Å². The standard InChI is InChI=1S/C17H22N2O2/c1-4-6-12-14-15(17(20)21-5-2)18-19(3)16(14)13-10-8-7-9-11-13/h7-11H,4-6,12H2,1-3H3. The summed E-state index contributed by atoms with van der Waals surface area (Å²) in [6, 6.07) is 10.1. The number of benzene rings is 1. The van der Waals surface area contributed by atoms with Gasteiger partial charge in [-0.15, -0.1) is 0 Å². The van der Waals surface area contributed by atoms with E-state index in [0.29, 0.717) is 12.3 Å². The number of nitrogens with zero attached hydrogens (tertiary/aromatic N) is 2. The first-order valence-corrected chi connectivity index (χ1v) is 7.47. The van der Waals surface area contributed by atoms with Crippen LogP contribution in [0.25, 0.3) is 11.3 Å². The van der Waals surface area contributed by atoms with Crippen LogP contribution in [0.3, 0.4) is 0 Å². The molecule has 0 saturated heterocycles. The molecule has 0 radical (unpaired) electrons. The molecule has 4 nitrogen and oxygen atoms in total. The number of ether oxygens (including phenoxy) is 1. The molecule has 0 N–H and O–H groups in total. The topological polar surface area (TPSA) is 44.1 Å². The SMILES string of the molecule is CCCCc1c(C(=O)OCC)nn(C)c1-c1ccccc1. The first kappa shape index (κ1) is 15.3. The molecule has 0 aliphatic carbocycles. The molecule has 0 unspecified atom stereocenters. The zero-order chi connectivity index (χ0) is 15.2. The number of aromatic nitrogens is 2. The Kier molecular flexibility index (Phi) is 5.14. The highest BCUT2D eigenvalue weighted by Gasteiger charge is 2.22. The van der Waals surface area contributed by atoms with E-state index in [9.17, 15) is 4.79 Å². The van der Waals surface area contributed by atoms with E-state index in [1.54, 1.807) is 4.68 Å². The van der Waals surface area contributed by atoms with Gasteiger partial charge in [0, 0.05) is 18.2 Å². The van der Waals surface area contributed by atoms with Crippen LogP contribution in [0.4, 0.5) is 0 Å². The fraction of sp³-hybridized carbons (Fsp3) is 0.412. The van der Waals surface area contributed by atoms with Crippen molar-refractivity contribution in [2.45, 2.75) is 33.1 Å². The van der Waals surface area contributed by atoms with E-state index < -0.39 is 0 Å². The van der Waals surface area contributed by atoms with Crippen molar-refractivity contribution < 1.29 is 9.53 Å². The van der Waals surface area contributed by atoms with E-state index in [2.05, 4.69) is 12.0 Å². The van der Waals surface area contributed by atoms with Crippen molar-refractivity contribution in [1.82, 2.24) is 9.78 Å². The summed E-state index contributed by atoms with van der Waals surface area (Å²) in [7, 11) is 1.88. The van der Waals surface area contributed by atoms with E-state index >= 15 is 0 Å². The number of unbranched alkanes of at least 4 members (excludes halogenated alkanes) is 1. The number of rotatable bonds is 6. The van der Waals surface area contributed by atoms with Crippen LogP contribution in [0.15, 0.2) is 30.3 Å². The zero-order valence-electron chi connectivity index (χ0n) is 12.9. The van der Waals surface area contributed by atoms with Crippen LogP contribution >= 0.6 is 0 Å². The lowest BCUT2D eigenvalue weighted by Gasteiger charge is -2.07. The Balaban J connectivity index is 2.50. The molecule has 0 aliphatic heterocycles. The molecule has 112 valence electrons. The smallest absolute Gasteiger partial charge is 0.359 e. The van der Waals surface area contributed by atoms with Crippen LogP contribution < -0.4 is 0 Å². The Labute approximate surface area is 125 Å². The first-order valence-electron chi connectivity index (χ1n) is 7.47. The maximum atomic E-state index is 12.1. The van der Waals surface area contributed by atoms with Crippen molar-refractivity contribution in [2.24, 2.45) is 7.05 Å². The van der Waals surface area contributed by atoms with Crippen LogP contribution in [0.2, 0.25) is 0 Å². The largest absolute Gasteiger partial charge is 0.461 e. The Bertz CT molecular complexity index is 603. The molecule has 2 aromatic rings. The molecule has 1 aromatic carbocycles. The minimum Gasteiger partial charge on any atom is -0.461 e. The summed E-state index contributed by atoms with van der Waals surface area (Å²) in [4.78, 5) is 12.1. The Morgan fingerprint density at radius 3 is 2.57 bits per heavy atom. The summed E-state index contributed by atoms with van der Waals surface area (Å²) in [5.41, 5.74) is 3.52. The van der Waals surface area contributed by atoms with Gasteiger partial charge in [0.15, 0.2) is 5.69 Å². The molecular weight excluding hydrogens is 264 g/mol. The molecule has 2 rings (SSSR count). The van der Waals surface area contributed by atoms with Gasteiger partial charge >= 0.3 is 5.97 Å². The lowest BCUT2D eigenvalue weighted by Crippen LogP contribution is -2.08. The number of carbonyl (C=O) groups excluding carboxylic acids is 1. The molecule has 1 aromatic heterocycles. The van der Waals surface area contributed by atoms with Crippen LogP contribution in [0.5, 0.6) is 0 Å². The Hall–Kier alpha value is -2.10. The summed E-state index contributed by atoms with van der Waals surface area (Å²) in [6.07, 6.45) is 2.94. The maximum Gasteiger partial charge on any atom is 0.359 e. The van der Waals surface area contributed by atoms with Gasteiger partial charge in [-0.25, -0.2) is 4.79 Å². The second kappa shape index (κ2) is 7.07. The van der Waals surface area contributed by atoms with Crippen molar-refractivity contribution in [3.05, 3.63) is 41.6 Å². The first-order chi connectivity index (χ1) is 10.2. The van der Waals surface area contributed by atoms with Crippen LogP contribution in [0.1, 0.15) is 42.7 Å². The number of aryl methyl sites for hydroxylation is 1. The van der Waals surface area contributed by atoms with Gasteiger partial charge in [0.05, 0.1) is 12.3 Å². The molecule has 1 heterocycles. The van der Waals surface area contributed by atoms with Crippen molar-refractivity contribution in [3.63, 3.8) is 0 Å². The van der Waals surface area contributed by atoms with Gasteiger partial charge in [-0.1, -0.05) is 43.7 Å². The molecule has 4 heteroatoms. The number of hydrogen-bond donors (Lipinski definition) is 0. The van der Waals surface area contributed by atoms with Crippen molar-refractivity contribution in [1.29, 1.82) is 0 Å². The van der Waals surface area contributed by atoms with Gasteiger partial charge in [-0.2, -0.15) is 5.10 Å². The van der Waals surface area contributed by atoms with Crippen LogP contribution in [-0.2, 0) is 18.2 Å². The fourth-order valence-electron chi connectivity index (χ4n) is 2.48. The highest BCUT2D eigenvalue weighted by atomic mass is 16.5. The van der Waals surface area contributed by atoms with Crippen LogP contribution in [-0.4, -0.2) is 22.4 Å². The summed E-state index contributed by atoms with van der Waals surface area (Å²) in [5, 5.41) is 4.40. The lowest BCUT2D eigenvalue weighted by molar-refractivity contribution is 0.0517. The van der Waals surface area contributed by atoms with Gasteiger partial charge in [-0.05, 0) is 19.8 Å². The zero-order valence-corrected chi connectivity index (χ0v) is 12.9. The Morgan fingerprint density at radius 1 is 1.24 bits per heavy atom. The predicted octanol–water partition coefficient (Wildman–Crippen LogP) is 3.61. The van der Waals surface area contributed by atoms with Crippen molar-refractivity contribution >= 4 is 5.97 Å². The van der Waals surface area contributed by atoms with Crippen LogP contribution in [0, 0.1) is 0 Å². The normalized spacial score (nSPS) is 10.6. The molecule has 0 aliphatic rings. The molecule has 0 fully saturated rings. The van der Waals surface area contributed by atoms with Crippen molar-refractivity contribution in [2.75, 3.05) is 6.61 Å². The fourth-order valence-corrected chi connectivity index (χ4v) is 2.48. The van der Waals surface area contributed by atoms with Gasteiger partial charge in [0.1, 0.15) is 0 Å².